The van der Waals surface area contributed by atoms with E-state index in [0.29, 0.717) is 5.69 Å². The van der Waals surface area contributed by atoms with E-state index < -0.39 is 12.1 Å². The first-order valence-electron chi connectivity index (χ1n) is 10.4. The first-order valence-corrected chi connectivity index (χ1v) is 11.4. The van der Waals surface area contributed by atoms with Gasteiger partial charge in [0.2, 0.25) is 5.91 Å². The molecule has 0 atom stereocenters. The molecule has 0 radical (unpaired) electrons. The van der Waals surface area contributed by atoms with Gasteiger partial charge in [-0.2, -0.15) is 0 Å². The predicted molar refractivity (Wildman–Crippen MR) is 132 cm³/mol. The molecule has 0 saturated carbocycles. The fourth-order valence-corrected chi connectivity index (χ4v) is 4.36. The molecule has 3 aromatic carbocycles. The standard InChI is InChI=1S/C25H21IN2O5/c26-21-10-9-15(24(30)31)13-22(21)28-23(29)11-12-27-25(32)33-14-20-18-7-3-1-5-16(18)17-6-2-4-8-19(17)20/h1-10,13,20H,11-12,14H2,(H,27,32)(H,28,29)(H,30,31). The van der Waals surface area contributed by atoms with E-state index in [9.17, 15) is 14.4 Å². The minimum absolute atomic E-state index is 0.0254. The number of ether oxygens (including phenoxy) is 1. The number of aromatic carboxylic acids is 1. The molecule has 0 saturated heterocycles. The summed E-state index contributed by atoms with van der Waals surface area (Å²) in [5.74, 6) is -1.44. The maximum atomic E-state index is 12.2. The molecule has 8 heteroatoms. The molecule has 0 unspecified atom stereocenters. The minimum Gasteiger partial charge on any atom is -0.478 e. The monoisotopic (exact) mass is 556 g/mol. The van der Waals surface area contributed by atoms with E-state index in [4.69, 9.17) is 9.84 Å². The Bertz CT molecular complexity index is 1180. The Hall–Kier alpha value is -3.40. The number of benzene rings is 3. The number of carbonyl (C=O) groups excluding carboxylic acids is 2. The van der Waals surface area contributed by atoms with Crippen molar-refractivity contribution in [3.63, 3.8) is 0 Å². The van der Waals surface area contributed by atoms with Crippen LogP contribution in [-0.2, 0) is 9.53 Å². The minimum atomic E-state index is -1.07. The molecule has 7 nitrogen and oxygen atoms in total. The normalized spacial score (nSPS) is 11.9. The zero-order valence-electron chi connectivity index (χ0n) is 17.5. The van der Waals surface area contributed by atoms with Crippen LogP contribution in [0.4, 0.5) is 10.5 Å². The number of hydrogen-bond acceptors (Lipinski definition) is 4. The van der Waals surface area contributed by atoms with Crippen LogP contribution in [-0.4, -0.2) is 36.2 Å². The van der Waals surface area contributed by atoms with Crippen molar-refractivity contribution >= 4 is 46.2 Å². The highest BCUT2D eigenvalue weighted by Gasteiger charge is 2.28. The summed E-state index contributed by atoms with van der Waals surface area (Å²) in [6.45, 7) is 0.296. The molecule has 0 heterocycles. The van der Waals surface area contributed by atoms with E-state index in [0.717, 1.165) is 25.8 Å². The van der Waals surface area contributed by atoms with Crippen LogP contribution in [0.1, 0.15) is 33.8 Å². The van der Waals surface area contributed by atoms with Crippen molar-refractivity contribution in [3.8, 4) is 11.1 Å². The molecule has 0 aliphatic heterocycles. The smallest absolute Gasteiger partial charge is 0.407 e. The van der Waals surface area contributed by atoms with Gasteiger partial charge >= 0.3 is 12.1 Å². The van der Waals surface area contributed by atoms with Gasteiger partial charge in [0, 0.05) is 22.5 Å². The number of rotatable bonds is 7. The molecule has 0 bridgehead atoms. The summed E-state index contributed by atoms with van der Waals surface area (Å²) in [5, 5.41) is 14.4. The highest BCUT2D eigenvalue weighted by Crippen LogP contribution is 2.44. The summed E-state index contributed by atoms with van der Waals surface area (Å²) in [7, 11) is 0. The lowest BCUT2D eigenvalue weighted by Crippen LogP contribution is -2.29. The van der Waals surface area contributed by atoms with Crippen molar-refractivity contribution in [3.05, 3.63) is 87.0 Å². The predicted octanol–water partition coefficient (Wildman–Crippen LogP) is 4.86. The molecule has 0 spiro atoms. The van der Waals surface area contributed by atoms with E-state index in [1.54, 1.807) is 6.07 Å². The number of hydrogen-bond donors (Lipinski definition) is 3. The van der Waals surface area contributed by atoms with E-state index in [-0.39, 0.29) is 37.0 Å². The molecule has 1 aliphatic rings. The number of nitrogens with one attached hydrogen (secondary N) is 2. The number of halogens is 1. The number of amides is 2. The molecule has 33 heavy (non-hydrogen) atoms. The molecule has 4 rings (SSSR count). The van der Waals surface area contributed by atoms with E-state index >= 15 is 0 Å². The van der Waals surface area contributed by atoms with Gasteiger partial charge in [-0.3, -0.25) is 4.79 Å². The first kappa shape index (κ1) is 22.8. The van der Waals surface area contributed by atoms with Crippen LogP contribution in [0.15, 0.2) is 66.7 Å². The fraction of sp³-hybridized carbons (Fsp3) is 0.160. The molecular weight excluding hydrogens is 535 g/mol. The van der Waals surface area contributed by atoms with Gasteiger partial charge in [-0.05, 0) is 63.0 Å². The van der Waals surface area contributed by atoms with Gasteiger partial charge in [0.25, 0.3) is 0 Å². The quantitative estimate of drug-likeness (QED) is 0.361. The first-order chi connectivity index (χ1) is 15.9. The summed E-state index contributed by atoms with van der Waals surface area (Å²) < 4.78 is 6.17. The Morgan fingerprint density at radius 2 is 1.58 bits per heavy atom. The third-order valence-electron chi connectivity index (χ3n) is 5.45. The molecule has 0 aromatic heterocycles. The third-order valence-corrected chi connectivity index (χ3v) is 6.39. The number of carbonyl (C=O) groups is 3. The average Bonchev–Trinajstić information content (AvgIpc) is 3.13. The van der Waals surface area contributed by atoms with Crippen molar-refractivity contribution in [2.75, 3.05) is 18.5 Å². The van der Waals surface area contributed by atoms with Crippen LogP contribution in [0, 0.1) is 3.57 Å². The summed E-state index contributed by atoms with van der Waals surface area (Å²) in [6, 6.07) is 20.7. The Balaban J connectivity index is 1.27. The summed E-state index contributed by atoms with van der Waals surface area (Å²) in [4.78, 5) is 35.5. The van der Waals surface area contributed by atoms with Crippen molar-refractivity contribution in [1.29, 1.82) is 0 Å². The van der Waals surface area contributed by atoms with Crippen LogP contribution < -0.4 is 10.6 Å². The van der Waals surface area contributed by atoms with Gasteiger partial charge in [-0.25, -0.2) is 9.59 Å². The van der Waals surface area contributed by atoms with Crippen LogP contribution in [0.5, 0.6) is 0 Å². The van der Waals surface area contributed by atoms with Crippen LogP contribution in [0.3, 0.4) is 0 Å². The maximum absolute atomic E-state index is 12.2. The van der Waals surface area contributed by atoms with Crippen LogP contribution in [0.25, 0.3) is 11.1 Å². The zero-order chi connectivity index (χ0) is 23.4. The number of anilines is 1. The number of carboxylic acids is 1. The second-order valence-corrected chi connectivity index (χ2v) is 8.71. The second kappa shape index (κ2) is 10.0. The molecule has 168 valence electrons. The Morgan fingerprint density at radius 3 is 2.21 bits per heavy atom. The second-order valence-electron chi connectivity index (χ2n) is 7.55. The lowest BCUT2D eigenvalue weighted by atomic mass is 9.98. The van der Waals surface area contributed by atoms with Crippen molar-refractivity contribution in [2.45, 2.75) is 12.3 Å². The van der Waals surface area contributed by atoms with Gasteiger partial charge in [0.15, 0.2) is 0 Å². The van der Waals surface area contributed by atoms with Crippen molar-refractivity contribution in [2.24, 2.45) is 0 Å². The van der Waals surface area contributed by atoms with Crippen LogP contribution >= 0.6 is 22.6 Å². The van der Waals surface area contributed by atoms with Gasteiger partial charge < -0.3 is 20.5 Å². The van der Waals surface area contributed by atoms with Crippen LogP contribution in [0.2, 0.25) is 0 Å². The van der Waals surface area contributed by atoms with E-state index in [1.165, 1.54) is 12.1 Å². The molecule has 1 aliphatic carbocycles. The maximum Gasteiger partial charge on any atom is 0.407 e. The average molecular weight is 556 g/mol. The molecule has 0 fully saturated rings. The van der Waals surface area contributed by atoms with E-state index in [1.807, 2.05) is 59.0 Å². The Morgan fingerprint density at radius 1 is 0.939 bits per heavy atom. The summed E-state index contributed by atoms with van der Waals surface area (Å²) in [5.41, 5.74) is 5.07. The lowest BCUT2D eigenvalue weighted by molar-refractivity contribution is -0.116. The fourth-order valence-electron chi connectivity index (χ4n) is 3.89. The number of alkyl carbamates (subject to hydrolysis) is 1. The largest absolute Gasteiger partial charge is 0.478 e. The zero-order valence-corrected chi connectivity index (χ0v) is 19.7. The topological polar surface area (TPSA) is 105 Å². The van der Waals surface area contributed by atoms with Gasteiger partial charge in [0.1, 0.15) is 6.61 Å². The van der Waals surface area contributed by atoms with Crippen molar-refractivity contribution in [1.82, 2.24) is 5.32 Å². The molecule has 3 N–H and O–H groups in total. The van der Waals surface area contributed by atoms with Gasteiger partial charge in [-0.1, -0.05) is 48.5 Å². The number of carboxylic acid groups (broad SMARTS) is 1. The molecule has 3 aromatic rings. The summed E-state index contributed by atoms with van der Waals surface area (Å²) >= 11 is 2.01. The Kier molecular flexibility index (Phi) is 6.93. The Labute approximate surface area is 204 Å². The SMILES string of the molecule is O=C(CCNC(=O)OCC1c2ccccc2-c2ccccc21)Nc1cc(C(=O)O)ccc1I. The number of fused-ring (bicyclic) bond motifs is 3. The summed E-state index contributed by atoms with van der Waals surface area (Å²) in [6.07, 6.45) is -0.565. The van der Waals surface area contributed by atoms with Gasteiger partial charge in [-0.15, -0.1) is 0 Å². The lowest BCUT2D eigenvalue weighted by Gasteiger charge is -2.14. The third kappa shape index (κ3) is 5.16. The highest BCUT2D eigenvalue weighted by molar-refractivity contribution is 14.1. The van der Waals surface area contributed by atoms with Crippen molar-refractivity contribution < 1.29 is 24.2 Å². The van der Waals surface area contributed by atoms with Gasteiger partial charge in [0.05, 0.1) is 11.3 Å². The molecular formula is C25H21IN2O5. The van der Waals surface area contributed by atoms with E-state index in [2.05, 4.69) is 22.8 Å². The highest BCUT2D eigenvalue weighted by atomic mass is 127. The molecule has 2 amide bonds.